The zero-order chi connectivity index (χ0) is 14.6. The summed E-state index contributed by atoms with van der Waals surface area (Å²) in [6.07, 6.45) is -4.41. The highest BCUT2D eigenvalue weighted by molar-refractivity contribution is 5.94. The molecule has 0 fully saturated rings. The first kappa shape index (κ1) is 15.3. The number of rotatable bonds is 4. The predicted octanol–water partition coefficient (Wildman–Crippen LogP) is 2.46. The Morgan fingerprint density at radius 2 is 2.05 bits per heavy atom. The molecule has 7 heteroatoms. The number of pyridine rings is 1. The van der Waals surface area contributed by atoms with Crippen LogP contribution in [0.15, 0.2) is 12.1 Å². The second kappa shape index (κ2) is 5.90. The molecule has 0 aliphatic heterocycles. The van der Waals surface area contributed by atoms with Gasteiger partial charge in [-0.05, 0) is 26.0 Å². The Morgan fingerprint density at radius 1 is 1.42 bits per heavy atom. The van der Waals surface area contributed by atoms with E-state index in [-0.39, 0.29) is 5.56 Å². The van der Waals surface area contributed by atoms with E-state index in [0.717, 1.165) is 7.05 Å². The van der Waals surface area contributed by atoms with Gasteiger partial charge < -0.3 is 10.2 Å². The molecule has 0 atom stereocenters. The summed E-state index contributed by atoms with van der Waals surface area (Å²) in [5.41, 5.74) is 0.761. The normalized spacial score (nSPS) is 11.3. The molecule has 0 bridgehead atoms. The summed E-state index contributed by atoms with van der Waals surface area (Å²) < 4.78 is 36.7. The average Bonchev–Trinajstić information content (AvgIpc) is 2.25. The van der Waals surface area contributed by atoms with Crippen molar-refractivity contribution in [1.82, 2.24) is 9.88 Å². The van der Waals surface area contributed by atoms with E-state index in [1.165, 1.54) is 12.1 Å². The van der Waals surface area contributed by atoms with E-state index in [1.54, 1.807) is 6.92 Å². The third kappa shape index (κ3) is 4.76. The number of halogens is 3. The topological polar surface area (TPSA) is 45.2 Å². The van der Waals surface area contributed by atoms with E-state index >= 15 is 0 Å². The minimum atomic E-state index is -4.41. The van der Waals surface area contributed by atoms with Crippen LogP contribution in [0.2, 0.25) is 0 Å². The van der Waals surface area contributed by atoms with E-state index in [2.05, 4.69) is 10.3 Å². The lowest BCUT2D eigenvalue weighted by Crippen LogP contribution is -2.35. The lowest BCUT2D eigenvalue weighted by atomic mass is 10.2. The zero-order valence-electron chi connectivity index (χ0n) is 11.0. The lowest BCUT2D eigenvalue weighted by Gasteiger charge is -2.19. The SMILES string of the molecule is CCNc1cc(C(=O)N(C)CC(F)(F)F)cc(C)n1. The molecule has 0 saturated heterocycles. The summed E-state index contributed by atoms with van der Waals surface area (Å²) in [4.78, 5) is 16.7. The van der Waals surface area contributed by atoms with Crippen molar-refractivity contribution in [1.29, 1.82) is 0 Å². The van der Waals surface area contributed by atoms with Gasteiger partial charge in [-0.1, -0.05) is 0 Å². The Hall–Kier alpha value is -1.79. The van der Waals surface area contributed by atoms with Crippen LogP contribution in [0, 0.1) is 6.92 Å². The van der Waals surface area contributed by atoms with Crippen LogP contribution in [-0.4, -0.2) is 42.1 Å². The maximum Gasteiger partial charge on any atom is 0.406 e. The Balaban J connectivity index is 2.92. The van der Waals surface area contributed by atoms with Crippen LogP contribution in [0.25, 0.3) is 0 Å². The van der Waals surface area contributed by atoms with Gasteiger partial charge in [0, 0.05) is 24.8 Å². The molecule has 0 saturated carbocycles. The fourth-order valence-electron chi connectivity index (χ4n) is 1.62. The zero-order valence-corrected chi connectivity index (χ0v) is 11.0. The second-order valence-electron chi connectivity index (χ2n) is 4.19. The Kier molecular flexibility index (Phi) is 4.74. The molecule has 1 N–H and O–H groups in total. The highest BCUT2D eigenvalue weighted by atomic mass is 19.4. The fourth-order valence-corrected chi connectivity index (χ4v) is 1.62. The average molecular weight is 275 g/mol. The van der Waals surface area contributed by atoms with Crippen molar-refractivity contribution in [2.75, 3.05) is 25.5 Å². The van der Waals surface area contributed by atoms with Crippen LogP contribution in [0.5, 0.6) is 0 Å². The highest BCUT2D eigenvalue weighted by Crippen LogP contribution is 2.18. The number of aromatic nitrogens is 1. The predicted molar refractivity (Wildman–Crippen MR) is 66.2 cm³/mol. The van der Waals surface area contributed by atoms with E-state index in [1.807, 2.05) is 6.92 Å². The van der Waals surface area contributed by atoms with E-state index < -0.39 is 18.6 Å². The number of aryl methyl sites for hydroxylation is 1. The van der Waals surface area contributed by atoms with Gasteiger partial charge in [-0.25, -0.2) is 4.98 Å². The first-order chi connectivity index (χ1) is 8.73. The maximum atomic E-state index is 12.2. The molecule has 0 unspecified atom stereocenters. The van der Waals surface area contributed by atoms with Crippen molar-refractivity contribution in [2.45, 2.75) is 20.0 Å². The van der Waals surface area contributed by atoms with Gasteiger partial charge in [-0.2, -0.15) is 13.2 Å². The van der Waals surface area contributed by atoms with Gasteiger partial charge in [-0.15, -0.1) is 0 Å². The van der Waals surface area contributed by atoms with Crippen molar-refractivity contribution in [3.8, 4) is 0 Å². The molecular weight excluding hydrogens is 259 g/mol. The molecule has 4 nitrogen and oxygen atoms in total. The first-order valence-corrected chi connectivity index (χ1v) is 5.77. The van der Waals surface area contributed by atoms with Crippen LogP contribution in [-0.2, 0) is 0 Å². The summed E-state index contributed by atoms with van der Waals surface area (Å²) >= 11 is 0. The van der Waals surface area contributed by atoms with Crippen LogP contribution in [0.3, 0.4) is 0 Å². The largest absolute Gasteiger partial charge is 0.406 e. The molecule has 19 heavy (non-hydrogen) atoms. The summed E-state index contributed by atoms with van der Waals surface area (Å²) in [7, 11) is 1.12. The van der Waals surface area contributed by atoms with E-state index in [9.17, 15) is 18.0 Å². The molecule has 1 heterocycles. The minimum absolute atomic E-state index is 0.190. The van der Waals surface area contributed by atoms with Gasteiger partial charge in [0.1, 0.15) is 12.4 Å². The first-order valence-electron chi connectivity index (χ1n) is 5.77. The monoisotopic (exact) mass is 275 g/mol. The van der Waals surface area contributed by atoms with Gasteiger partial charge in [0.2, 0.25) is 0 Å². The molecule has 0 spiro atoms. The molecule has 106 valence electrons. The number of nitrogens with zero attached hydrogens (tertiary/aromatic N) is 2. The summed E-state index contributed by atoms with van der Waals surface area (Å²) in [5.74, 6) is -0.201. The van der Waals surface area contributed by atoms with Gasteiger partial charge in [0.05, 0.1) is 0 Å². The Bertz CT molecular complexity index is 460. The third-order valence-corrected chi connectivity index (χ3v) is 2.32. The number of alkyl halides is 3. The molecule has 0 aliphatic rings. The third-order valence-electron chi connectivity index (χ3n) is 2.32. The maximum absolute atomic E-state index is 12.2. The number of hydrogen-bond donors (Lipinski definition) is 1. The van der Waals surface area contributed by atoms with E-state index in [0.29, 0.717) is 23.0 Å². The van der Waals surface area contributed by atoms with Crippen LogP contribution < -0.4 is 5.32 Å². The molecular formula is C12H16F3N3O. The van der Waals surface area contributed by atoms with Crippen LogP contribution in [0.4, 0.5) is 19.0 Å². The molecule has 0 aromatic carbocycles. The summed E-state index contributed by atoms with van der Waals surface area (Å²) in [6.45, 7) is 2.88. The van der Waals surface area contributed by atoms with Gasteiger partial charge in [0.15, 0.2) is 0 Å². The standard InChI is InChI=1S/C12H16F3N3O/c1-4-16-10-6-9(5-8(2)17-10)11(19)18(3)7-12(13,14)15/h5-6H,4,7H2,1-3H3,(H,16,17). The van der Waals surface area contributed by atoms with Crippen LogP contribution >= 0.6 is 0 Å². The smallest absolute Gasteiger partial charge is 0.370 e. The number of nitrogens with one attached hydrogen (secondary N) is 1. The molecule has 1 amide bonds. The Labute approximate surface area is 109 Å². The van der Waals surface area contributed by atoms with Crippen molar-refractivity contribution < 1.29 is 18.0 Å². The molecule has 1 rings (SSSR count). The number of amides is 1. The molecule has 0 radical (unpaired) electrons. The van der Waals surface area contributed by atoms with Crippen LogP contribution in [0.1, 0.15) is 23.0 Å². The van der Waals surface area contributed by atoms with Crippen molar-refractivity contribution in [3.05, 3.63) is 23.4 Å². The Morgan fingerprint density at radius 3 is 2.58 bits per heavy atom. The molecule has 0 aliphatic carbocycles. The molecule has 1 aromatic heterocycles. The van der Waals surface area contributed by atoms with Gasteiger partial charge in [0.25, 0.3) is 5.91 Å². The second-order valence-corrected chi connectivity index (χ2v) is 4.19. The number of carbonyl (C=O) groups is 1. The van der Waals surface area contributed by atoms with Crippen molar-refractivity contribution >= 4 is 11.7 Å². The van der Waals surface area contributed by atoms with Gasteiger partial charge in [-0.3, -0.25) is 4.79 Å². The van der Waals surface area contributed by atoms with Gasteiger partial charge >= 0.3 is 6.18 Å². The van der Waals surface area contributed by atoms with Crippen molar-refractivity contribution in [3.63, 3.8) is 0 Å². The quantitative estimate of drug-likeness (QED) is 0.918. The highest BCUT2D eigenvalue weighted by Gasteiger charge is 2.31. The minimum Gasteiger partial charge on any atom is -0.370 e. The number of carbonyl (C=O) groups excluding carboxylic acids is 1. The van der Waals surface area contributed by atoms with E-state index in [4.69, 9.17) is 0 Å². The molecule has 1 aromatic rings. The van der Waals surface area contributed by atoms with Crippen molar-refractivity contribution in [2.24, 2.45) is 0 Å². The lowest BCUT2D eigenvalue weighted by molar-refractivity contribution is -0.138. The fraction of sp³-hybridized carbons (Fsp3) is 0.500. The summed E-state index contributed by atoms with van der Waals surface area (Å²) in [6, 6.07) is 2.92. The number of anilines is 1. The summed E-state index contributed by atoms with van der Waals surface area (Å²) in [5, 5.41) is 2.93. The number of hydrogen-bond acceptors (Lipinski definition) is 3.